The van der Waals surface area contributed by atoms with Crippen LogP contribution in [0, 0.1) is 0 Å². The molecular weight excluding hydrogens is 537 g/mol. The van der Waals surface area contributed by atoms with E-state index in [1.54, 1.807) is 0 Å². The molecule has 0 bridgehead atoms. The molecule has 0 aliphatic heterocycles. The van der Waals surface area contributed by atoms with Crippen LogP contribution in [0.2, 0.25) is 0 Å². The normalized spacial score (nSPS) is 9.28. The zero-order chi connectivity index (χ0) is 18.6. The monoisotopic (exact) mass is 552 g/mol. The first-order valence-electron chi connectivity index (χ1n) is 6.01. The van der Waals surface area contributed by atoms with Crippen LogP contribution in [-0.2, 0) is 0 Å². The number of phenolic OH excluding ortho intramolecular Hbond substituents is 6. The minimum absolute atomic E-state index is 0. The Bertz CT molecular complexity index is 689. The van der Waals surface area contributed by atoms with E-state index in [0.717, 1.165) is 24.3 Å². The SMILES string of the molecule is O=C(O)c1cc(O)c(O)c(O)c1.O=C(O)c1cc(O)c(O)c(O)c1.[BiH3]. The fraction of sp³-hybridized carbons (Fsp3) is 0. The van der Waals surface area contributed by atoms with Crippen molar-refractivity contribution in [3.05, 3.63) is 35.4 Å². The van der Waals surface area contributed by atoms with Gasteiger partial charge in [-0.3, -0.25) is 0 Å². The molecular formula is C14H15BiO10. The second kappa shape index (κ2) is 8.79. The van der Waals surface area contributed by atoms with Crippen LogP contribution in [0.1, 0.15) is 20.7 Å². The third kappa shape index (κ3) is 5.57. The summed E-state index contributed by atoms with van der Waals surface area (Å²) >= 11 is 0. The summed E-state index contributed by atoms with van der Waals surface area (Å²) in [5.41, 5.74) is -0.578. The number of hydrogen-bond donors (Lipinski definition) is 8. The maximum absolute atomic E-state index is 10.3. The number of carboxylic acid groups (broad SMARTS) is 2. The van der Waals surface area contributed by atoms with E-state index in [1.165, 1.54) is 0 Å². The fourth-order valence-corrected chi connectivity index (χ4v) is 1.46. The summed E-state index contributed by atoms with van der Waals surface area (Å²) in [4.78, 5) is 20.6. The molecule has 0 aliphatic carbocycles. The van der Waals surface area contributed by atoms with Gasteiger partial charge in [0.15, 0.2) is 34.5 Å². The van der Waals surface area contributed by atoms with Gasteiger partial charge in [0.1, 0.15) is 0 Å². The van der Waals surface area contributed by atoms with Gasteiger partial charge in [0, 0.05) is 0 Å². The second-order valence-corrected chi connectivity index (χ2v) is 4.34. The molecule has 0 amide bonds. The van der Waals surface area contributed by atoms with Crippen LogP contribution in [-0.4, -0.2) is 79.0 Å². The van der Waals surface area contributed by atoms with Crippen LogP contribution in [0.3, 0.4) is 0 Å². The third-order valence-corrected chi connectivity index (χ3v) is 2.63. The number of aromatic carboxylic acids is 2. The number of carboxylic acids is 2. The van der Waals surface area contributed by atoms with E-state index >= 15 is 0 Å². The molecule has 25 heavy (non-hydrogen) atoms. The molecule has 0 heterocycles. The number of carbonyl (C=O) groups is 2. The zero-order valence-electron chi connectivity index (χ0n) is 12.4. The zero-order valence-corrected chi connectivity index (χ0v) is 17.9. The van der Waals surface area contributed by atoms with E-state index in [4.69, 9.17) is 40.9 Å². The molecule has 10 nitrogen and oxygen atoms in total. The Balaban J connectivity index is 0.000000443. The number of aromatic hydroxyl groups is 6. The van der Waals surface area contributed by atoms with Gasteiger partial charge in [-0.2, -0.15) is 0 Å². The van der Waals surface area contributed by atoms with E-state index in [0.29, 0.717) is 0 Å². The van der Waals surface area contributed by atoms with Crippen molar-refractivity contribution < 1.29 is 50.4 Å². The molecule has 2 aromatic carbocycles. The molecule has 11 heteroatoms. The summed E-state index contributed by atoms with van der Waals surface area (Å²) in [6.07, 6.45) is 0. The molecule has 2 aromatic rings. The molecule has 0 aromatic heterocycles. The quantitative estimate of drug-likeness (QED) is 0.183. The van der Waals surface area contributed by atoms with Gasteiger partial charge in [-0.15, -0.1) is 0 Å². The first-order valence-corrected chi connectivity index (χ1v) is 6.01. The van der Waals surface area contributed by atoms with E-state index in [2.05, 4.69) is 0 Å². The van der Waals surface area contributed by atoms with E-state index < -0.39 is 46.4 Å². The van der Waals surface area contributed by atoms with Crippen molar-refractivity contribution >= 4 is 38.1 Å². The Morgan fingerprint density at radius 2 is 0.760 bits per heavy atom. The summed E-state index contributed by atoms with van der Waals surface area (Å²) in [6.45, 7) is 0. The van der Waals surface area contributed by atoms with Crippen LogP contribution in [0.15, 0.2) is 24.3 Å². The topological polar surface area (TPSA) is 196 Å². The number of benzene rings is 2. The Labute approximate surface area is 158 Å². The van der Waals surface area contributed by atoms with Crippen molar-refractivity contribution in [1.29, 1.82) is 0 Å². The first kappa shape index (κ1) is 22.1. The summed E-state index contributed by atoms with van der Waals surface area (Å²) in [7, 11) is 0. The summed E-state index contributed by atoms with van der Waals surface area (Å²) in [5, 5.41) is 69.9. The van der Waals surface area contributed by atoms with Gasteiger partial charge in [-0.1, -0.05) is 0 Å². The summed E-state index contributed by atoms with van der Waals surface area (Å²) < 4.78 is 0. The van der Waals surface area contributed by atoms with Crippen LogP contribution < -0.4 is 0 Å². The van der Waals surface area contributed by atoms with E-state index in [9.17, 15) is 9.59 Å². The van der Waals surface area contributed by atoms with Gasteiger partial charge in [-0.25, -0.2) is 9.59 Å². The average molecular weight is 552 g/mol. The Kier molecular flexibility index (Phi) is 7.75. The molecule has 0 fully saturated rings. The van der Waals surface area contributed by atoms with Gasteiger partial charge in [-0.05, 0) is 24.3 Å². The number of phenols is 6. The first-order chi connectivity index (χ1) is 11.0. The van der Waals surface area contributed by atoms with Crippen molar-refractivity contribution in [2.24, 2.45) is 0 Å². The Morgan fingerprint density at radius 1 is 0.560 bits per heavy atom. The van der Waals surface area contributed by atoms with Gasteiger partial charge in [0.2, 0.25) is 0 Å². The van der Waals surface area contributed by atoms with Gasteiger partial charge >= 0.3 is 38.1 Å². The molecule has 0 aliphatic rings. The van der Waals surface area contributed by atoms with Crippen LogP contribution >= 0.6 is 0 Å². The predicted octanol–water partition coefficient (Wildman–Crippen LogP) is -0.181. The van der Waals surface area contributed by atoms with Crippen LogP contribution in [0.4, 0.5) is 0 Å². The average Bonchev–Trinajstić information content (AvgIpc) is 2.49. The predicted molar refractivity (Wildman–Crippen MR) is 86.7 cm³/mol. The Morgan fingerprint density at radius 3 is 0.920 bits per heavy atom. The van der Waals surface area contributed by atoms with Crippen LogP contribution in [0.5, 0.6) is 34.5 Å². The van der Waals surface area contributed by atoms with Crippen molar-refractivity contribution in [2.45, 2.75) is 0 Å². The number of hydrogen-bond acceptors (Lipinski definition) is 8. The van der Waals surface area contributed by atoms with Crippen molar-refractivity contribution in [3.63, 3.8) is 0 Å². The van der Waals surface area contributed by atoms with Crippen molar-refractivity contribution in [2.75, 3.05) is 0 Å². The van der Waals surface area contributed by atoms with Crippen molar-refractivity contribution in [3.8, 4) is 34.5 Å². The molecule has 0 unspecified atom stereocenters. The molecule has 0 spiro atoms. The molecule has 136 valence electrons. The summed E-state index contributed by atoms with van der Waals surface area (Å²) in [6, 6.07) is 3.38. The fourth-order valence-electron chi connectivity index (χ4n) is 1.46. The van der Waals surface area contributed by atoms with Gasteiger partial charge < -0.3 is 40.9 Å². The molecule has 0 radical (unpaired) electrons. The molecule has 2 rings (SSSR count). The number of rotatable bonds is 2. The molecule has 0 saturated heterocycles. The van der Waals surface area contributed by atoms with Gasteiger partial charge in [0.05, 0.1) is 11.1 Å². The van der Waals surface area contributed by atoms with E-state index in [-0.39, 0.29) is 37.3 Å². The minimum atomic E-state index is -1.29. The van der Waals surface area contributed by atoms with Gasteiger partial charge in [0.25, 0.3) is 0 Å². The Hall–Kier alpha value is -2.94. The molecule has 0 atom stereocenters. The van der Waals surface area contributed by atoms with Crippen molar-refractivity contribution in [1.82, 2.24) is 0 Å². The standard InChI is InChI=1S/2C7H6O5.Bi.3H/c2*8-4-1-3(7(11)12)2-5(9)6(4)10;;;;/h2*1-2,8-10H,(H,11,12);;;;. The second-order valence-electron chi connectivity index (χ2n) is 4.34. The third-order valence-electron chi connectivity index (χ3n) is 2.63. The molecule has 0 saturated carbocycles. The maximum atomic E-state index is 10.3. The van der Waals surface area contributed by atoms with E-state index in [1.807, 2.05) is 0 Å². The summed E-state index contributed by atoms with van der Waals surface area (Å²) in [5.74, 6) is -6.67. The van der Waals surface area contributed by atoms with Crippen LogP contribution in [0.25, 0.3) is 0 Å². The molecule has 8 N–H and O–H groups in total.